The van der Waals surface area contributed by atoms with E-state index in [0.717, 1.165) is 43.1 Å². The van der Waals surface area contributed by atoms with Gasteiger partial charge in [0.2, 0.25) is 5.60 Å². The highest BCUT2D eigenvalue weighted by Gasteiger charge is 2.46. The third-order valence-corrected chi connectivity index (χ3v) is 4.73. The lowest BCUT2D eigenvalue weighted by Crippen LogP contribution is -2.52. The molecule has 2 aromatic rings. The molecule has 1 fully saturated rings. The second-order valence-corrected chi connectivity index (χ2v) is 6.22. The Kier molecular flexibility index (Phi) is 2.99. The molecule has 1 amide bonds. The summed E-state index contributed by atoms with van der Waals surface area (Å²) in [6, 6.07) is 11.8. The maximum atomic E-state index is 13.1. The van der Waals surface area contributed by atoms with Crippen molar-refractivity contribution in [1.29, 1.82) is 0 Å². The van der Waals surface area contributed by atoms with Gasteiger partial charge in [0.15, 0.2) is 0 Å². The molecule has 0 saturated carbocycles. The molecule has 0 spiro atoms. The second kappa shape index (κ2) is 4.90. The van der Waals surface area contributed by atoms with Gasteiger partial charge in [-0.2, -0.15) is 0 Å². The lowest BCUT2D eigenvalue weighted by molar-refractivity contribution is -0.149. The summed E-state index contributed by atoms with van der Waals surface area (Å²) < 4.78 is 8.28. The predicted molar refractivity (Wildman–Crippen MR) is 84.2 cm³/mol. The summed E-state index contributed by atoms with van der Waals surface area (Å²) in [5, 5.41) is 0. The lowest BCUT2D eigenvalue weighted by atomic mass is 9.96. The zero-order valence-corrected chi connectivity index (χ0v) is 12.8. The van der Waals surface area contributed by atoms with Crippen LogP contribution in [0, 0.1) is 0 Å². The Morgan fingerprint density at radius 3 is 2.68 bits per heavy atom. The van der Waals surface area contributed by atoms with Gasteiger partial charge in [0.1, 0.15) is 5.75 Å². The predicted octanol–water partition coefficient (Wildman–Crippen LogP) is 3.10. The molecule has 1 saturated heterocycles. The summed E-state index contributed by atoms with van der Waals surface area (Å²) in [5.41, 5.74) is 0.947. The average Bonchev–Trinajstić information content (AvgIpc) is 3.06. The molecule has 4 heteroatoms. The van der Waals surface area contributed by atoms with Crippen molar-refractivity contribution in [2.45, 2.75) is 31.8 Å². The summed E-state index contributed by atoms with van der Waals surface area (Å²) in [6.07, 6.45) is 5.37. The number of amides is 1. The van der Waals surface area contributed by atoms with E-state index in [4.69, 9.17) is 4.74 Å². The van der Waals surface area contributed by atoms with Crippen molar-refractivity contribution < 1.29 is 9.53 Å². The summed E-state index contributed by atoms with van der Waals surface area (Å²) in [4.78, 5) is 15.1. The number of hydrogen-bond acceptors (Lipinski definition) is 2. The van der Waals surface area contributed by atoms with Crippen LogP contribution in [0.5, 0.6) is 5.75 Å². The minimum Gasteiger partial charge on any atom is -0.469 e. The first-order valence-corrected chi connectivity index (χ1v) is 7.96. The van der Waals surface area contributed by atoms with Gasteiger partial charge in [0, 0.05) is 19.3 Å². The van der Waals surface area contributed by atoms with E-state index in [9.17, 15) is 4.79 Å². The van der Waals surface area contributed by atoms with E-state index >= 15 is 0 Å². The standard InChI is InChI=1S/C18H20N2O2/c1-18(17(21)19-11-5-2-6-12-19)16-10-7-13-20(16)14-8-3-4-9-15(14)22-18/h3-4,7-10,13H,2,5-6,11-12H2,1H3. The van der Waals surface area contributed by atoms with E-state index in [-0.39, 0.29) is 5.91 Å². The Morgan fingerprint density at radius 2 is 1.86 bits per heavy atom. The molecule has 0 N–H and O–H groups in total. The van der Waals surface area contributed by atoms with Crippen molar-refractivity contribution in [1.82, 2.24) is 9.47 Å². The third-order valence-electron chi connectivity index (χ3n) is 4.73. The van der Waals surface area contributed by atoms with Crippen molar-refractivity contribution in [2.24, 2.45) is 0 Å². The SMILES string of the molecule is CC1(C(=O)N2CCCCC2)Oc2ccccc2-n2cccc21. The molecule has 22 heavy (non-hydrogen) atoms. The Morgan fingerprint density at radius 1 is 1.09 bits per heavy atom. The van der Waals surface area contributed by atoms with Gasteiger partial charge in [-0.25, -0.2) is 0 Å². The number of rotatable bonds is 1. The number of piperidine rings is 1. The van der Waals surface area contributed by atoms with Crippen molar-refractivity contribution in [3.8, 4) is 11.4 Å². The fourth-order valence-corrected chi connectivity index (χ4v) is 3.55. The van der Waals surface area contributed by atoms with Crippen LogP contribution in [0.15, 0.2) is 42.6 Å². The fraction of sp³-hybridized carbons (Fsp3) is 0.389. The summed E-state index contributed by atoms with van der Waals surface area (Å²) in [7, 11) is 0. The minimum absolute atomic E-state index is 0.0710. The number of carbonyl (C=O) groups excluding carboxylic acids is 1. The normalized spacial score (nSPS) is 23.4. The van der Waals surface area contributed by atoms with Crippen LogP contribution in [-0.2, 0) is 10.4 Å². The van der Waals surface area contributed by atoms with Crippen molar-refractivity contribution >= 4 is 5.91 Å². The Labute approximate surface area is 130 Å². The van der Waals surface area contributed by atoms with Crippen molar-refractivity contribution in [3.05, 3.63) is 48.3 Å². The van der Waals surface area contributed by atoms with Crippen LogP contribution in [0.1, 0.15) is 31.9 Å². The van der Waals surface area contributed by atoms with Crippen LogP contribution in [0.2, 0.25) is 0 Å². The van der Waals surface area contributed by atoms with E-state index < -0.39 is 5.60 Å². The number of nitrogens with zero attached hydrogens (tertiary/aromatic N) is 2. The molecule has 3 heterocycles. The lowest BCUT2D eigenvalue weighted by Gasteiger charge is -2.40. The van der Waals surface area contributed by atoms with Crippen LogP contribution < -0.4 is 4.74 Å². The quantitative estimate of drug-likeness (QED) is 0.810. The summed E-state index contributed by atoms with van der Waals surface area (Å²) in [6.45, 7) is 3.56. The molecule has 114 valence electrons. The third kappa shape index (κ3) is 1.86. The van der Waals surface area contributed by atoms with E-state index in [0.29, 0.717) is 0 Å². The molecule has 0 aliphatic carbocycles. The number of aromatic nitrogens is 1. The number of carbonyl (C=O) groups is 1. The number of fused-ring (bicyclic) bond motifs is 3. The van der Waals surface area contributed by atoms with Gasteiger partial charge < -0.3 is 14.2 Å². The second-order valence-electron chi connectivity index (χ2n) is 6.22. The topological polar surface area (TPSA) is 34.5 Å². The van der Waals surface area contributed by atoms with Crippen LogP contribution in [0.3, 0.4) is 0 Å². The highest BCUT2D eigenvalue weighted by Crippen LogP contribution is 2.40. The average molecular weight is 296 g/mol. The molecule has 2 aliphatic rings. The Balaban J connectivity index is 1.78. The first-order chi connectivity index (χ1) is 10.7. The van der Waals surface area contributed by atoms with Gasteiger partial charge in [0.25, 0.3) is 5.91 Å². The number of benzene rings is 1. The fourth-order valence-electron chi connectivity index (χ4n) is 3.55. The molecular weight excluding hydrogens is 276 g/mol. The summed E-state index contributed by atoms with van der Waals surface area (Å²) >= 11 is 0. The van der Waals surface area contributed by atoms with Gasteiger partial charge in [-0.1, -0.05) is 12.1 Å². The first-order valence-electron chi connectivity index (χ1n) is 7.96. The number of likely N-dealkylation sites (tertiary alicyclic amines) is 1. The molecule has 0 bridgehead atoms. The van der Waals surface area contributed by atoms with E-state index in [1.165, 1.54) is 6.42 Å². The van der Waals surface area contributed by atoms with Crippen LogP contribution >= 0.6 is 0 Å². The first kappa shape index (κ1) is 13.4. The van der Waals surface area contributed by atoms with Gasteiger partial charge in [-0.05, 0) is 50.5 Å². The molecule has 1 atom stereocenters. The number of hydrogen-bond donors (Lipinski definition) is 0. The zero-order valence-electron chi connectivity index (χ0n) is 12.8. The van der Waals surface area contributed by atoms with E-state index in [2.05, 4.69) is 4.57 Å². The zero-order chi connectivity index (χ0) is 15.2. The molecular formula is C18H20N2O2. The molecule has 1 aromatic carbocycles. The Bertz CT molecular complexity index is 715. The van der Waals surface area contributed by atoms with Crippen molar-refractivity contribution in [3.63, 3.8) is 0 Å². The minimum atomic E-state index is -0.949. The molecule has 1 aromatic heterocycles. The monoisotopic (exact) mass is 296 g/mol. The van der Waals surface area contributed by atoms with E-state index in [1.54, 1.807) is 0 Å². The molecule has 4 rings (SSSR count). The molecule has 0 radical (unpaired) electrons. The van der Waals surface area contributed by atoms with Crippen LogP contribution in [0.25, 0.3) is 5.69 Å². The van der Waals surface area contributed by atoms with Gasteiger partial charge in [0.05, 0.1) is 11.4 Å². The highest BCUT2D eigenvalue weighted by atomic mass is 16.5. The van der Waals surface area contributed by atoms with E-state index in [1.807, 2.05) is 54.4 Å². The van der Waals surface area contributed by atoms with Gasteiger partial charge in [-0.15, -0.1) is 0 Å². The van der Waals surface area contributed by atoms with Crippen molar-refractivity contribution in [2.75, 3.05) is 13.1 Å². The molecule has 2 aliphatic heterocycles. The molecule has 4 nitrogen and oxygen atoms in total. The van der Waals surface area contributed by atoms with Crippen LogP contribution in [0.4, 0.5) is 0 Å². The van der Waals surface area contributed by atoms with Gasteiger partial charge >= 0.3 is 0 Å². The summed E-state index contributed by atoms with van der Waals surface area (Å²) in [5.74, 6) is 0.834. The number of ether oxygens (including phenoxy) is 1. The largest absolute Gasteiger partial charge is 0.469 e. The van der Waals surface area contributed by atoms with Gasteiger partial charge in [-0.3, -0.25) is 4.79 Å². The smallest absolute Gasteiger partial charge is 0.272 e. The highest BCUT2D eigenvalue weighted by molar-refractivity contribution is 5.87. The number of para-hydroxylation sites is 2. The molecule has 1 unspecified atom stereocenters. The maximum Gasteiger partial charge on any atom is 0.272 e. The maximum absolute atomic E-state index is 13.1. The van der Waals surface area contributed by atoms with Crippen LogP contribution in [-0.4, -0.2) is 28.5 Å². The Hall–Kier alpha value is -2.23.